The molecule has 2 unspecified atom stereocenters. The average Bonchev–Trinajstić information content (AvgIpc) is 2.41. The molecule has 0 spiro atoms. The number of aliphatic hydroxyl groups excluding tert-OH is 2. The van der Waals surface area contributed by atoms with E-state index in [9.17, 15) is 28.2 Å². The normalized spacial score (nSPS) is 15.0. The second-order valence-electron chi connectivity index (χ2n) is 5.83. The Morgan fingerprint density at radius 2 is 1.96 bits per heavy atom. The molecule has 1 aromatic heterocycles. The molecule has 23 heavy (non-hydrogen) atoms. The molecule has 2 atom stereocenters. The molecular weight excluding hydrogens is 317 g/mol. The Bertz CT molecular complexity index is 544. The number of hydrogen-bond donors (Lipinski definition) is 3. The van der Waals surface area contributed by atoms with Crippen LogP contribution in [-0.2, 0) is 10.9 Å². The number of alkyl carbamates (subject to hydrolysis) is 1. The number of alkyl halides is 3. The maximum absolute atomic E-state index is 12.8. The van der Waals surface area contributed by atoms with Crippen molar-refractivity contribution in [1.29, 1.82) is 0 Å². The summed E-state index contributed by atoms with van der Waals surface area (Å²) in [5.41, 5.74) is -2.62. The van der Waals surface area contributed by atoms with Gasteiger partial charge in [-0.05, 0) is 26.8 Å². The summed E-state index contributed by atoms with van der Waals surface area (Å²) in [6, 6.07) is 2.22. The fourth-order valence-electron chi connectivity index (χ4n) is 1.71. The zero-order valence-corrected chi connectivity index (χ0v) is 12.9. The fraction of sp³-hybridized carbons (Fsp3) is 0.571. The summed E-state index contributed by atoms with van der Waals surface area (Å²) in [5, 5.41) is 21.9. The number of nitrogens with one attached hydrogen (secondary N) is 1. The Labute approximate surface area is 131 Å². The molecule has 0 fully saturated rings. The Balaban J connectivity index is 2.75. The van der Waals surface area contributed by atoms with E-state index in [0.29, 0.717) is 0 Å². The highest BCUT2D eigenvalue weighted by Crippen LogP contribution is 2.33. The van der Waals surface area contributed by atoms with E-state index in [1.165, 1.54) is 6.07 Å². The standard InChI is InChI=1S/C14H19F3N2O4/c1-13(2,3)23-12(22)19-7-9(20)10(21)8-5-4-6-18-11(8)14(15,16)17/h4-6,9-10,20-21H,7H2,1-3H3,(H,19,22). The van der Waals surface area contributed by atoms with Gasteiger partial charge in [0.05, 0.1) is 0 Å². The largest absolute Gasteiger partial charge is 0.444 e. The molecule has 1 amide bonds. The number of hydrogen-bond acceptors (Lipinski definition) is 5. The van der Waals surface area contributed by atoms with Gasteiger partial charge in [0.2, 0.25) is 0 Å². The van der Waals surface area contributed by atoms with Crippen LogP contribution < -0.4 is 5.32 Å². The second-order valence-corrected chi connectivity index (χ2v) is 5.83. The van der Waals surface area contributed by atoms with Crippen molar-refractivity contribution in [2.24, 2.45) is 0 Å². The summed E-state index contributed by atoms with van der Waals surface area (Å²) in [6.07, 6.45) is -8.21. The lowest BCUT2D eigenvalue weighted by Gasteiger charge is -2.23. The molecule has 1 rings (SSSR count). The molecule has 0 saturated heterocycles. The van der Waals surface area contributed by atoms with Crippen LogP contribution in [0.25, 0.3) is 0 Å². The minimum Gasteiger partial charge on any atom is -0.444 e. The van der Waals surface area contributed by atoms with Crippen LogP contribution in [-0.4, -0.2) is 39.5 Å². The lowest BCUT2D eigenvalue weighted by atomic mass is 10.0. The minimum absolute atomic E-state index is 0.484. The van der Waals surface area contributed by atoms with E-state index >= 15 is 0 Å². The van der Waals surface area contributed by atoms with E-state index in [1.807, 2.05) is 0 Å². The van der Waals surface area contributed by atoms with Crippen LogP contribution in [0.2, 0.25) is 0 Å². The predicted octanol–water partition coefficient (Wildman–Crippen LogP) is 2.02. The molecule has 0 aromatic carbocycles. The van der Waals surface area contributed by atoms with Gasteiger partial charge < -0.3 is 20.3 Å². The van der Waals surface area contributed by atoms with Crippen LogP contribution in [0.3, 0.4) is 0 Å². The first-order chi connectivity index (χ1) is 10.4. The predicted molar refractivity (Wildman–Crippen MR) is 74.4 cm³/mol. The molecule has 130 valence electrons. The number of halogens is 3. The first-order valence-corrected chi connectivity index (χ1v) is 6.77. The lowest BCUT2D eigenvalue weighted by Crippen LogP contribution is -2.39. The zero-order valence-electron chi connectivity index (χ0n) is 12.9. The van der Waals surface area contributed by atoms with E-state index in [4.69, 9.17) is 4.74 Å². The van der Waals surface area contributed by atoms with Gasteiger partial charge in [-0.25, -0.2) is 4.79 Å². The first-order valence-electron chi connectivity index (χ1n) is 6.77. The number of carbonyl (C=O) groups excluding carboxylic acids is 1. The smallest absolute Gasteiger partial charge is 0.433 e. The molecule has 0 aliphatic heterocycles. The second kappa shape index (κ2) is 7.14. The zero-order chi connectivity index (χ0) is 17.8. The van der Waals surface area contributed by atoms with Crippen molar-refractivity contribution in [2.45, 2.75) is 44.8 Å². The quantitative estimate of drug-likeness (QED) is 0.782. The third-order valence-corrected chi connectivity index (χ3v) is 2.64. The van der Waals surface area contributed by atoms with Crippen LogP contribution in [0.1, 0.15) is 38.1 Å². The third-order valence-electron chi connectivity index (χ3n) is 2.64. The number of ether oxygens (including phenoxy) is 1. The monoisotopic (exact) mass is 336 g/mol. The van der Waals surface area contributed by atoms with Gasteiger partial charge in [0.1, 0.15) is 23.5 Å². The van der Waals surface area contributed by atoms with Crippen molar-refractivity contribution in [1.82, 2.24) is 10.3 Å². The van der Waals surface area contributed by atoms with Gasteiger partial charge in [-0.3, -0.25) is 4.98 Å². The van der Waals surface area contributed by atoms with Gasteiger partial charge in [-0.15, -0.1) is 0 Å². The maximum Gasteiger partial charge on any atom is 0.433 e. The molecule has 6 nitrogen and oxygen atoms in total. The summed E-state index contributed by atoms with van der Waals surface area (Å²) < 4.78 is 43.4. The van der Waals surface area contributed by atoms with Gasteiger partial charge in [-0.1, -0.05) is 6.07 Å². The summed E-state index contributed by atoms with van der Waals surface area (Å²) in [4.78, 5) is 14.6. The van der Waals surface area contributed by atoms with E-state index in [-0.39, 0.29) is 0 Å². The van der Waals surface area contributed by atoms with Gasteiger partial charge in [0, 0.05) is 18.3 Å². The van der Waals surface area contributed by atoms with Gasteiger partial charge in [-0.2, -0.15) is 13.2 Å². The molecule has 0 saturated carbocycles. The third kappa shape index (κ3) is 6.03. The Hall–Kier alpha value is -1.87. The number of rotatable bonds is 4. The molecule has 3 N–H and O–H groups in total. The number of pyridine rings is 1. The van der Waals surface area contributed by atoms with Crippen molar-refractivity contribution in [3.8, 4) is 0 Å². The van der Waals surface area contributed by atoms with Gasteiger partial charge in [0.25, 0.3) is 0 Å². The van der Waals surface area contributed by atoms with Crippen LogP contribution >= 0.6 is 0 Å². The van der Waals surface area contributed by atoms with Crippen molar-refractivity contribution in [2.75, 3.05) is 6.54 Å². The highest BCUT2D eigenvalue weighted by molar-refractivity contribution is 5.67. The molecule has 1 heterocycles. The Morgan fingerprint density at radius 3 is 2.48 bits per heavy atom. The summed E-state index contributed by atoms with van der Waals surface area (Å²) >= 11 is 0. The van der Waals surface area contributed by atoms with E-state index in [1.54, 1.807) is 20.8 Å². The minimum atomic E-state index is -4.77. The van der Waals surface area contributed by atoms with Crippen LogP contribution in [0.15, 0.2) is 18.3 Å². The van der Waals surface area contributed by atoms with Crippen molar-refractivity contribution in [3.05, 3.63) is 29.6 Å². The topological polar surface area (TPSA) is 91.7 Å². The fourth-order valence-corrected chi connectivity index (χ4v) is 1.71. The van der Waals surface area contributed by atoms with Gasteiger partial charge in [0.15, 0.2) is 0 Å². The maximum atomic E-state index is 12.8. The highest BCUT2D eigenvalue weighted by atomic mass is 19.4. The number of amides is 1. The first kappa shape index (κ1) is 19.2. The van der Waals surface area contributed by atoms with Crippen LogP contribution in [0.5, 0.6) is 0 Å². The van der Waals surface area contributed by atoms with Crippen molar-refractivity contribution >= 4 is 6.09 Å². The van der Waals surface area contributed by atoms with E-state index < -0.39 is 47.9 Å². The van der Waals surface area contributed by atoms with Crippen LogP contribution in [0.4, 0.5) is 18.0 Å². The number of carbonyl (C=O) groups is 1. The van der Waals surface area contributed by atoms with E-state index in [2.05, 4.69) is 10.3 Å². The van der Waals surface area contributed by atoms with Crippen LogP contribution in [0, 0.1) is 0 Å². The molecule has 1 aromatic rings. The average molecular weight is 336 g/mol. The number of aliphatic hydroxyl groups is 2. The summed E-state index contributed by atoms with van der Waals surface area (Å²) in [7, 11) is 0. The molecular formula is C14H19F3N2O4. The Morgan fingerprint density at radius 1 is 1.35 bits per heavy atom. The molecule has 0 aliphatic rings. The van der Waals surface area contributed by atoms with Crippen molar-refractivity contribution < 1.29 is 32.9 Å². The number of aromatic nitrogens is 1. The van der Waals surface area contributed by atoms with Gasteiger partial charge >= 0.3 is 12.3 Å². The molecule has 0 radical (unpaired) electrons. The molecule has 9 heteroatoms. The van der Waals surface area contributed by atoms with E-state index in [0.717, 1.165) is 12.3 Å². The SMILES string of the molecule is CC(C)(C)OC(=O)NCC(O)C(O)c1cccnc1C(F)(F)F. The number of nitrogens with zero attached hydrogens (tertiary/aromatic N) is 1. The lowest BCUT2D eigenvalue weighted by molar-refractivity contribution is -0.143. The van der Waals surface area contributed by atoms with Crippen molar-refractivity contribution in [3.63, 3.8) is 0 Å². The summed E-state index contributed by atoms with van der Waals surface area (Å²) in [6.45, 7) is 4.40. The highest BCUT2D eigenvalue weighted by Gasteiger charge is 2.38. The molecule has 0 aliphatic carbocycles. The Kier molecular flexibility index (Phi) is 5.95. The molecule has 0 bridgehead atoms. The summed E-state index contributed by atoms with van der Waals surface area (Å²) in [5.74, 6) is 0.